The minimum Gasteiger partial charge on any atom is -0.244 e. The van der Waals surface area contributed by atoms with Crippen molar-refractivity contribution in [1.29, 1.82) is 0 Å². The molecule has 1 aliphatic heterocycles. The van der Waals surface area contributed by atoms with Crippen LogP contribution in [0, 0.1) is 0 Å². The van der Waals surface area contributed by atoms with E-state index in [1.807, 2.05) is 0 Å². The van der Waals surface area contributed by atoms with Gasteiger partial charge in [-0.15, -0.1) is 0 Å². The molecule has 72 valence electrons. The van der Waals surface area contributed by atoms with E-state index in [0.29, 0.717) is 0 Å². The summed E-state index contributed by atoms with van der Waals surface area (Å²) < 4.78 is 0. The summed E-state index contributed by atoms with van der Waals surface area (Å²) in [4.78, 5) is 0. The number of nitrogens with one attached hydrogen (secondary N) is 3. The van der Waals surface area contributed by atoms with Crippen LogP contribution in [0.15, 0.2) is 0 Å². The molecule has 0 spiro atoms. The molecule has 0 radical (unpaired) electrons. The molecule has 0 aromatic heterocycles. The van der Waals surface area contributed by atoms with Crippen LogP contribution < -0.4 is 16.4 Å². The molecule has 1 rings (SSSR count). The molecule has 12 heavy (non-hydrogen) atoms. The highest BCUT2D eigenvalue weighted by Gasteiger charge is 1.94. The zero-order valence-corrected chi connectivity index (χ0v) is 7.86. The van der Waals surface area contributed by atoms with E-state index in [4.69, 9.17) is 0 Å². The molecule has 0 unspecified atom stereocenters. The van der Waals surface area contributed by atoms with E-state index in [1.54, 1.807) is 0 Å². The van der Waals surface area contributed by atoms with Gasteiger partial charge in [0.2, 0.25) is 0 Å². The third kappa shape index (κ3) is 5.52. The second-order valence-electron chi connectivity index (χ2n) is 3.45. The Morgan fingerprint density at radius 1 is 0.500 bits per heavy atom. The largest absolute Gasteiger partial charge is 0.244 e. The molecule has 3 N–H and O–H groups in total. The van der Waals surface area contributed by atoms with Crippen molar-refractivity contribution >= 4 is 0 Å². The van der Waals surface area contributed by atoms with Crippen LogP contribution in [0.1, 0.15) is 44.9 Å². The van der Waals surface area contributed by atoms with Gasteiger partial charge in [-0.1, -0.05) is 32.1 Å². The van der Waals surface area contributed by atoms with Gasteiger partial charge in [-0.25, -0.2) is 10.9 Å². The van der Waals surface area contributed by atoms with Gasteiger partial charge in [0.15, 0.2) is 0 Å². The van der Waals surface area contributed by atoms with Crippen molar-refractivity contribution in [3.63, 3.8) is 0 Å². The third-order valence-corrected chi connectivity index (χ3v) is 2.28. The molecule has 1 saturated heterocycles. The minimum atomic E-state index is 1.08. The van der Waals surface area contributed by atoms with Crippen molar-refractivity contribution in [2.75, 3.05) is 13.1 Å². The van der Waals surface area contributed by atoms with Crippen LogP contribution in [0.25, 0.3) is 0 Å². The van der Waals surface area contributed by atoms with Crippen LogP contribution in [0.4, 0.5) is 0 Å². The Bertz CT molecular complexity index is 52.8. The number of hydrazine groups is 2. The fraction of sp³-hybridized carbons (Fsp3) is 1.00. The Morgan fingerprint density at radius 3 is 1.42 bits per heavy atom. The molecule has 0 aromatic carbocycles. The van der Waals surface area contributed by atoms with Gasteiger partial charge in [-0.2, -0.15) is 5.53 Å². The zero-order chi connectivity index (χ0) is 8.49. The first-order chi connectivity index (χ1) is 6.00. The molecular formula is C9H21N3. The van der Waals surface area contributed by atoms with E-state index in [1.165, 1.54) is 44.9 Å². The first kappa shape index (κ1) is 9.96. The maximum atomic E-state index is 3.14. The lowest BCUT2D eigenvalue weighted by molar-refractivity contribution is 0.405. The first-order valence-electron chi connectivity index (χ1n) is 5.21. The maximum Gasteiger partial charge on any atom is 0.0113 e. The second kappa shape index (κ2) is 7.53. The average molecular weight is 171 g/mol. The molecule has 0 aromatic rings. The van der Waals surface area contributed by atoms with Crippen molar-refractivity contribution in [2.45, 2.75) is 44.9 Å². The predicted octanol–water partition coefficient (Wildman–Crippen LogP) is 1.33. The third-order valence-electron chi connectivity index (χ3n) is 2.28. The molecule has 0 amide bonds. The zero-order valence-electron chi connectivity index (χ0n) is 7.86. The molecule has 0 bridgehead atoms. The highest BCUT2D eigenvalue weighted by Crippen LogP contribution is 2.06. The Hall–Kier alpha value is -0.120. The molecule has 1 heterocycles. The quantitative estimate of drug-likeness (QED) is 0.514. The number of hydrogen-bond acceptors (Lipinski definition) is 3. The normalized spacial score (nSPS) is 24.0. The van der Waals surface area contributed by atoms with E-state index in [-0.39, 0.29) is 0 Å². The second-order valence-corrected chi connectivity index (χ2v) is 3.45. The monoisotopic (exact) mass is 171 g/mol. The summed E-state index contributed by atoms with van der Waals surface area (Å²) in [6.45, 7) is 2.15. The fourth-order valence-electron chi connectivity index (χ4n) is 1.50. The smallest absolute Gasteiger partial charge is 0.0113 e. The molecule has 0 atom stereocenters. The van der Waals surface area contributed by atoms with Gasteiger partial charge < -0.3 is 0 Å². The van der Waals surface area contributed by atoms with Crippen LogP contribution in [0.5, 0.6) is 0 Å². The van der Waals surface area contributed by atoms with Crippen molar-refractivity contribution in [3.05, 3.63) is 0 Å². The van der Waals surface area contributed by atoms with Crippen molar-refractivity contribution < 1.29 is 0 Å². The van der Waals surface area contributed by atoms with Crippen molar-refractivity contribution in [1.82, 2.24) is 16.4 Å². The summed E-state index contributed by atoms with van der Waals surface area (Å²) >= 11 is 0. The van der Waals surface area contributed by atoms with E-state index < -0.39 is 0 Å². The van der Waals surface area contributed by atoms with E-state index >= 15 is 0 Å². The standard InChI is InChI=1S/C9H21N3/c1-2-4-6-8-10-12-11-9-7-5-3-1/h10-12H,1-9H2. The fourth-order valence-corrected chi connectivity index (χ4v) is 1.50. The Balaban J connectivity index is 2.00. The number of hydrogen-bond donors (Lipinski definition) is 3. The topological polar surface area (TPSA) is 36.1 Å². The van der Waals surface area contributed by atoms with Gasteiger partial charge in [0, 0.05) is 13.1 Å². The molecule has 1 aliphatic rings. The summed E-state index contributed by atoms with van der Waals surface area (Å²) in [7, 11) is 0. The van der Waals surface area contributed by atoms with Crippen LogP contribution in [0.3, 0.4) is 0 Å². The minimum absolute atomic E-state index is 1.08. The van der Waals surface area contributed by atoms with E-state index in [2.05, 4.69) is 16.4 Å². The Morgan fingerprint density at radius 2 is 0.917 bits per heavy atom. The lowest BCUT2D eigenvalue weighted by atomic mass is 10.1. The molecule has 0 saturated carbocycles. The molecule has 1 fully saturated rings. The lowest BCUT2D eigenvalue weighted by Crippen LogP contribution is -2.44. The summed E-state index contributed by atoms with van der Waals surface area (Å²) in [5.74, 6) is 0. The number of rotatable bonds is 0. The van der Waals surface area contributed by atoms with Gasteiger partial charge in [-0.3, -0.25) is 0 Å². The molecule has 0 aliphatic carbocycles. The SMILES string of the molecule is C1CCCCNNNCCCC1. The first-order valence-corrected chi connectivity index (χ1v) is 5.21. The van der Waals surface area contributed by atoms with Crippen LogP contribution in [-0.4, -0.2) is 13.1 Å². The predicted molar refractivity (Wildman–Crippen MR) is 51.5 cm³/mol. The Kier molecular flexibility index (Phi) is 6.25. The van der Waals surface area contributed by atoms with E-state index in [0.717, 1.165) is 13.1 Å². The summed E-state index contributed by atoms with van der Waals surface area (Å²) in [6, 6.07) is 0. The van der Waals surface area contributed by atoms with Gasteiger partial charge in [0.25, 0.3) is 0 Å². The van der Waals surface area contributed by atoms with Crippen LogP contribution >= 0.6 is 0 Å². The molecule has 3 nitrogen and oxygen atoms in total. The summed E-state index contributed by atoms with van der Waals surface area (Å²) in [5.41, 5.74) is 9.29. The molecular weight excluding hydrogens is 150 g/mol. The molecule has 3 heteroatoms. The van der Waals surface area contributed by atoms with Crippen molar-refractivity contribution in [3.8, 4) is 0 Å². The van der Waals surface area contributed by atoms with Crippen LogP contribution in [-0.2, 0) is 0 Å². The van der Waals surface area contributed by atoms with Gasteiger partial charge in [0.05, 0.1) is 0 Å². The van der Waals surface area contributed by atoms with Crippen molar-refractivity contribution in [2.24, 2.45) is 0 Å². The lowest BCUT2D eigenvalue weighted by Gasteiger charge is -2.10. The summed E-state index contributed by atoms with van der Waals surface area (Å²) in [5, 5.41) is 0. The van der Waals surface area contributed by atoms with Gasteiger partial charge in [-0.05, 0) is 12.8 Å². The Labute approximate surface area is 75.2 Å². The van der Waals surface area contributed by atoms with Gasteiger partial charge in [0.1, 0.15) is 0 Å². The van der Waals surface area contributed by atoms with E-state index in [9.17, 15) is 0 Å². The highest BCUT2D eigenvalue weighted by molar-refractivity contribution is 4.50. The maximum absolute atomic E-state index is 3.14. The highest BCUT2D eigenvalue weighted by atomic mass is 15.6. The summed E-state index contributed by atoms with van der Waals surface area (Å²) in [6.07, 6.45) is 9.56. The van der Waals surface area contributed by atoms with Crippen LogP contribution in [0.2, 0.25) is 0 Å². The average Bonchev–Trinajstić information content (AvgIpc) is 2.05. The van der Waals surface area contributed by atoms with Gasteiger partial charge >= 0.3 is 0 Å².